The number of carbonyl (C=O) groups excluding carboxylic acids is 1. The van der Waals surface area contributed by atoms with Crippen LogP contribution in [0.15, 0.2) is 53.4 Å². The van der Waals surface area contributed by atoms with E-state index in [1.165, 1.54) is 12.1 Å². The maximum absolute atomic E-state index is 12.3. The van der Waals surface area contributed by atoms with Crippen LogP contribution in [0, 0.1) is 0 Å². The summed E-state index contributed by atoms with van der Waals surface area (Å²) in [5, 5.41) is 2.71. The second-order valence-corrected chi connectivity index (χ2v) is 7.05. The van der Waals surface area contributed by atoms with E-state index in [-0.39, 0.29) is 17.3 Å². The van der Waals surface area contributed by atoms with Crippen molar-refractivity contribution in [3.63, 3.8) is 0 Å². The Morgan fingerprint density at radius 2 is 1.64 bits per heavy atom. The van der Waals surface area contributed by atoms with E-state index in [0.29, 0.717) is 24.5 Å². The first-order chi connectivity index (χ1) is 12.0. The van der Waals surface area contributed by atoms with Gasteiger partial charge >= 0.3 is 0 Å². The highest BCUT2D eigenvalue weighted by molar-refractivity contribution is 7.89. The minimum absolute atomic E-state index is 0.144. The quantitative estimate of drug-likeness (QED) is 0.755. The van der Waals surface area contributed by atoms with Gasteiger partial charge < -0.3 is 10.1 Å². The number of carbonyl (C=O) groups is 1. The van der Waals surface area contributed by atoms with Gasteiger partial charge in [-0.3, -0.25) is 4.79 Å². The molecule has 1 amide bonds. The molecule has 0 heterocycles. The summed E-state index contributed by atoms with van der Waals surface area (Å²) in [6.07, 6.45) is 0. The van der Waals surface area contributed by atoms with Gasteiger partial charge in [-0.2, -0.15) is 0 Å². The molecule has 0 fully saturated rings. The summed E-state index contributed by atoms with van der Waals surface area (Å²) in [4.78, 5) is 11.9. The van der Waals surface area contributed by atoms with Crippen molar-refractivity contribution in [3.8, 4) is 5.75 Å². The molecule has 0 aromatic heterocycles. The Morgan fingerprint density at radius 1 is 1.00 bits per heavy atom. The minimum Gasteiger partial charge on any atom is -0.494 e. The molecule has 0 radical (unpaired) electrons. The molecule has 2 N–H and O–H groups in total. The molecule has 6 nitrogen and oxygen atoms in total. The van der Waals surface area contributed by atoms with Gasteiger partial charge in [0.1, 0.15) is 5.75 Å². The Morgan fingerprint density at radius 3 is 2.20 bits per heavy atom. The predicted molar refractivity (Wildman–Crippen MR) is 96.1 cm³/mol. The van der Waals surface area contributed by atoms with Gasteiger partial charge in [0, 0.05) is 18.7 Å². The average Bonchev–Trinajstić information content (AvgIpc) is 2.61. The molecule has 0 bridgehead atoms. The number of hydrogen-bond acceptors (Lipinski definition) is 4. The van der Waals surface area contributed by atoms with Gasteiger partial charge in [-0.15, -0.1) is 0 Å². The molecule has 0 aliphatic heterocycles. The van der Waals surface area contributed by atoms with Crippen LogP contribution in [0.4, 0.5) is 0 Å². The van der Waals surface area contributed by atoms with Gasteiger partial charge in [-0.25, -0.2) is 13.1 Å². The van der Waals surface area contributed by atoms with Gasteiger partial charge in [-0.05, 0) is 55.8 Å². The zero-order valence-corrected chi connectivity index (χ0v) is 15.1. The van der Waals surface area contributed by atoms with Crippen molar-refractivity contribution in [1.29, 1.82) is 0 Å². The van der Waals surface area contributed by atoms with E-state index >= 15 is 0 Å². The molecule has 2 rings (SSSR count). The van der Waals surface area contributed by atoms with Crippen molar-refractivity contribution in [2.45, 2.75) is 25.3 Å². The fourth-order valence-electron chi connectivity index (χ4n) is 2.18. The number of rotatable bonds is 8. The van der Waals surface area contributed by atoms with Crippen molar-refractivity contribution in [3.05, 3.63) is 59.7 Å². The molecule has 0 spiro atoms. The zero-order chi connectivity index (χ0) is 18.3. The van der Waals surface area contributed by atoms with E-state index in [2.05, 4.69) is 10.0 Å². The van der Waals surface area contributed by atoms with E-state index in [0.717, 1.165) is 5.56 Å². The third-order valence-electron chi connectivity index (χ3n) is 3.46. The molecule has 134 valence electrons. The normalized spacial score (nSPS) is 11.1. The van der Waals surface area contributed by atoms with Gasteiger partial charge in [-0.1, -0.05) is 12.1 Å². The van der Waals surface area contributed by atoms with E-state index in [4.69, 9.17) is 4.74 Å². The molecule has 0 aliphatic rings. The summed E-state index contributed by atoms with van der Waals surface area (Å²) in [6, 6.07) is 13.1. The summed E-state index contributed by atoms with van der Waals surface area (Å²) in [6.45, 7) is 4.94. The summed E-state index contributed by atoms with van der Waals surface area (Å²) in [5.74, 6) is 0.478. The number of amides is 1. The minimum atomic E-state index is -3.61. The molecule has 0 saturated carbocycles. The number of hydrogen-bond donors (Lipinski definition) is 2. The topological polar surface area (TPSA) is 84.5 Å². The highest BCUT2D eigenvalue weighted by Crippen LogP contribution is 2.16. The van der Waals surface area contributed by atoms with E-state index in [9.17, 15) is 13.2 Å². The highest BCUT2D eigenvalue weighted by Gasteiger charge is 2.14. The summed E-state index contributed by atoms with van der Waals surface area (Å²) < 4.78 is 32.5. The fraction of sp³-hybridized carbons (Fsp3) is 0.278. The van der Waals surface area contributed by atoms with Crippen LogP contribution in [0.3, 0.4) is 0 Å². The van der Waals surface area contributed by atoms with Crippen LogP contribution >= 0.6 is 0 Å². The molecule has 0 unspecified atom stereocenters. The van der Waals surface area contributed by atoms with Crippen molar-refractivity contribution >= 4 is 15.9 Å². The Labute approximate surface area is 148 Å². The maximum Gasteiger partial charge on any atom is 0.251 e. The first-order valence-electron chi connectivity index (χ1n) is 8.06. The van der Waals surface area contributed by atoms with Crippen LogP contribution in [-0.4, -0.2) is 27.5 Å². The number of sulfonamides is 1. The van der Waals surface area contributed by atoms with Crippen molar-refractivity contribution in [1.82, 2.24) is 10.0 Å². The second-order valence-electron chi connectivity index (χ2n) is 5.29. The second kappa shape index (κ2) is 8.64. The Hall–Kier alpha value is -2.38. The van der Waals surface area contributed by atoms with Crippen molar-refractivity contribution < 1.29 is 17.9 Å². The van der Waals surface area contributed by atoms with Crippen LogP contribution in [0.2, 0.25) is 0 Å². The van der Waals surface area contributed by atoms with Crippen LogP contribution < -0.4 is 14.8 Å². The van der Waals surface area contributed by atoms with Gasteiger partial charge in [0.15, 0.2) is 0 Å². The Kier molecular flexibility index (Phi) is 6.55. The highest BCUT2D eigenvalue weighted by atomic mass is 32.2. The molecule has 0 saturated heterocycles. The van der Waals surface area contributed by atoms with E-state index in [1.807, 2.05) is 13.8 Å². The largest absolute Gasteiger partial charge is 0.494 e. The van der Waals surface area contributed by atoms with Crippen LogP contribution in [0.1, 0.15) is 29.8 Å². The molecule has 0 aliphatic carbocycles. The SMILES string of the molecule is CCNC(=O)c1ccc(CNS(=O)(=O)c2ccc(OCC)cc2)cc1. The lowest BCUT2D eigenvalue weighted by Crippen LogP contribution is -2.24. The predicted octanol–water partition coefficient (Wildman–Crippen LogP) is 2.31. The fourth-order valence-corrected chi connectivity index (χ4v) is 3.20. The third-order valence-corrected chi connectivity index (χ3v) is 4.88. The van der Waals surface area contributed by atoms with Gasteiger partial charge in [0.2, 0.25) is 10.0 Å². The number of nitrogens with one attached hydrogen (secondary N) is 2. The van der Waals surface area contributed by atoms with Gasteiger partial charge in [0.05, 0.1) is 11.5 Å². The van der Waals surface area contributed by atoms with Crippen molar-refractivity contribution in [2.24, 2.45) is 0 Å². The standard InChI is InChI=1S/C18H22N2O4S/c1-3-19-18(21)15-7-5-14(6-8-15)13-20-25(22,23)17-11-9-16(10-12-17)24-4-2/h5-12,20H,3-4,13H2,1-2H3,(H,19,21). The van der Waals surface area contributed by atoms with Crippen LogP contribution in [0.25, 0.3) is 0 Å². The first kappa shape index (κ1) is 19.0. The zero-order valence-electron chi connectivity index (χ0n) is 14.3. The molecule has 2 aromatic rings. The van der Waals surface area contributed by atoms with Crippen LogP contribution in [-0.2, 0) is 16.6 Å². The average molecular weight is 362 g/mol. The third kappa shape index (κ3) is 5.30. The van der Waals surface area contributed by atoms with E-state index in [1.54, 1.807) is 36.4 Å². The smallest absolute Gasteiger partial charge is 0.251 e. The molecule has 25 heavy (non-hydrogen) atoms. The lowest BCUT2D eigenvalue weighted by Gasteiger charge is -2.09. The molecule has 2 aromatic carbocycles. The molecule has 0 atom stereocenters. The molecule has 7 heteroatoms. The molecular weight excluding hydrogens is 340 g/mol. The maximum atomic E-state index is 12.3. The van der Waals surface area contributed by atoms with Gasteiger partial charge in [0.25, 0.3) is 5.91 Å². The summed E-state index contributed by atoms with van der Waals surface area (Å²) >= 11 is 0. The van der Waals surface area contributed by atoms with E-state index < -0.39 is 10.0 Å². The Balaban J connectivity index is 2.00. The molecular formula is C18H22N2O4S. The monoisotopic (exact) mass is 362 g/mol. The Bertz CT molecular complexity index is 800. The van der Waals surface area contributed by atoms with Crippen LogP contribution in [0.5, 0.6) is 5.75 Å². The number of benzene rings is 2. The van der Waals surface area contributed by atoms with Crippen molar-refractivity contribution in [2.75, 3.05) is 13.2 Å². The first-order valence-corrected chi connectivity index (χ1v) is 9.54. The lowest BCUT2D eigenvalue weighted by atomic mass is 10.1. The summed E-state index contributed by atoms with van der Waals surface area (Å²) in [5.41, 5.74) is 1.31. The number of ether oxygens (including phenoxy) is 1. The lowest BCUT2D eigenvalue weighted by molar-refractivity contribution is 0.0956. The summed E-state index contributed by atoms with van der Waals surface area (Å²) in [7, 11) is -3.61.